The van der Waals surface area contributed by atoms with Crippen LogP contribution in [-0.2, 0) is 11.3 Å². The van der Waals surface area contributed by atoms with Crippen molar-refractivity contribution >= 4 is 28.8 Å². The van der Waals surface area contributed by atoms with Crippen molar-refractivity contribution in [3.63, 3.8) is 0 Å². The molecule has 0 N–H and O–H groups in total. The van der Waals surface area contributed by atoms with Gasteiger partial charge in [-0.2, -0.15) is 0 Å². The summed E-state index contributed by atoms with van der Waals surface area (Å²) in [6.45, 7) is 1.98. The number of benzene rings is 1. The van der Waals surface area contributed by atoms with Gasteiger partial charge >= 0.3 is 0 Å². The van der Waals surface area contributed by atoms with E-state index in [0.717, 1.165) is 10.9 Å². The summed E-state index contributed by atoms with van der Waals surface area (Å²) in [5.74, 6) is 0. The molecule has 0 amide bonds. The molecule has 2 rings (SSSR count). The Bertz CT molecular complexity index is 616. The molecule has 0 saturated heterocycles. The molecule has 0 aliphatic carbocycles. The lowest BCUT2D eigenvalue weighted by Crippen LogP contribution is -2.20. The number of aryl methyl sites for hydroxylation is 1. The summed E-state index contributed by atoms with van der Waals surface area (Å²) in [6, 6.07) is 6.96. The van der Waals surface area contributed by atoms with Crippen LogP contribution in [0.4, 0.5) is 0 Å². The molecule has 0 aliphatic heterocycles. The second-order valence-corrected chi connectivity index (χ2v) is 4.04. The van der Waals surface area contributed by atoms with Crippen LogP contribution in [0.2, 0.25) is 5.02 Å². The van der Waals surface area contributed by atoms with Crippen LogP contribution in [0.3, 0.4) is 0 Å². The molecule has 82 valence electrons. The lowest BCUT2D eigenvalue weighted by molar-refractivity contribution is -0.108. The maximum atomic E-state index is 11.7. The average molecular weight is 236 g/mol. The Labute approximate surface area is 97.3 Å². The summed E-state index contributed by atoms with van der Waals surface area (Å²) in [4.78, 5) is 22.2. The molecule has 0 fully saturated rings. The van der Waals surface area contributed by atoms with Gasteiger partial charge in [-0.25, -0.2) is 0 Å². The number of aldehydes is 1. The van der Waals surface area contributed by atoms with E-state index in [1.807, 2.05) is 25.1 Å². The monoisotopic (exact) mass is 235 g/mol. The number of hydrogen-bond donors (Lipinski definition) is 0. The fourth-order valence-corrected chi connectivity index (χ4v) is 1.97. The van der Waals surface area contributed by atoms with E-state index >= 15 is 0 Å². The first-order chi connectivity index (χ1) is 7.63. The van der Waals surface area contributed by atoms with E-state index in [9.17, 15) is 9.59 Å². The second kappa shape index (κ2) is 4.10. The zero-order valence-corrected chi connectivity index (χ0v) is 9.49. The third-order valence-electron chi connectivity index (χ3n) is 2.47. The number of pyridine rings is 1. The number of fused-ring (bicyclic) bond motifs is 1. The number of hydrogen-bond acceptors (Lipinski definition) is 2. The standard InChI is InChI=1S/C12H10ClNO2/c1-8-2-3-9-10(13)7-12(16)14(4-5-15)11(9)6-8/h2-3,5-7H,4H2,1H3. The highest BCUT2D eigenvalue weighted by Gasteiger charge is 2.06. The van der Waals surface area contributed by atoms with Crippen molar-refractivity contribution in [3.05, 3.63) is 45.2 Å². The minimum atomic E-state index is -0.254. The SMILES string of the molecule is Cc1ccc2c(Cl)cc(=O)n(CC=O)c2c1. The molecular formula is C12H10ClNO2. The first-order valence-electron chi connectivity index (χ1n) is 4.87. The molecule has 1 aromatic carbocycles. The van der Waals surface area contributed by atoms with Crippen LogP contribution >= 0.6 is 11.6 Å². The van der Waals surface area contributed by atoms with E-state index in [1.54, 1.807) is 0 Å². The molecule has 0 spiro atoms. The van der Waals surface area contributed by atoms with Gasteiger partial charge in [0.2, 0.25) is 0 Å². The van der Waals surface area contributed by atoms with E-state index in [-0.39, 0.29) is 12.1 Å². The van der Waals surface area contributed by atoms with Crippen LogP contribution in [0.15, 0.2) is 29.1 Å². The van der Waals surface area contributed by atoms with Crippen molar-refractivity contribution in [1.29, 1.82) is 0 Å². The van der Waals surface area contributed by atoms with Crippen molar-refractivity contribution in [1.82, 2.24) is 4.57 Å². The number of nitrogens with zero attached hydrogens (tertiary/aromatic N) is 1. The molecule has 0 bridgehead atoms. The number of aromatic nitrogens is 1. The summed E-state index contributed by atoms with van der Waals surface area (Å²) in [5.41, 5.74) is 1.47. The fraction of sp³-hybridized carbons (Fsp3) is 0.167. The van der Waals surface area contributed by atoms with Crippen molar-refractivity contribution in [2.45, 2.75) is 13.5 Å². The van der Waals surface area contributed by atoms with E-state index in [0.29, 0.717) is 16.8 Å². The zero-order valence-electron chi connectivity index (χ0n) is 8.74. The first kappa shape index (κ1) is 10.9. The normalized spacial score (nSPS) is 10.6. The van der Waals surface area contributed by atoms with Crippen LogP contribution < -0.4 is 5.56 Å². The molecule has 4 heteroatoms. The van der Waals surface area contributed by atoms with Crippen molar-refractivity contribution in [3.8, 4) is 0 Å². The van der Waals surface area contributed by atoms with E-state index in [1.165, 1.54) is 10.6 Å². The lowest BCUT2D eigenvalue weighted by atomic mass is 10.1. The first-order valence-corrected chi connectivity index (χ1v) is 5.24. The van der Waals surface area contributed by atoms with Gasteiger partial charge in [0.15, 0.2) is 0 Å². The Kier molecular flexibility index (Phi) is 2.79. The highest BCUT2D eigenvalue weighted by Crippen LogP contribution is 2.22. The Hall–Kier alpha value is -1.61. The third-order valence-corrected chi connectivity index (χ3v) is 2.79. The minimum Gasteiger partial charge on any atom is -0.301 e. The molecule has 3 nitrogen and oxygen atoms in total. The molecule has 1 aromatic heterocycles. The van der Waals surface area contributed by atoms with Gasteiger partial charge in [0.05, 0.1) is 17.1 Å². The third kappa shape index (κ3) is 1.74. The van der Waals surface area contributed by atoms with Gasteiger partial charge in [0.1, 0.15) is 6.29 Å². The van der Waals surface area contributed by atoms with Gasteiger partial charge in [-0.05, 0) is 18.6 Å². The van der Waals surface area contributed by atoms with Crippen molar-refractivity contribution in [2.75, 3.05) is 0 Å². The summed E-state index contributed by atoms with van der Waals surface area (Å²) >= 11 is 5.99. The van der Waals surface area contributed by atoms with Crippen LogP contribution in [0.5, 0.6) is 0 Å². The van der Waals surface area contributed by atoms with Crippen LogP contribution in [-0.4, -0.2) is 10.9 Å². The van der Waals surface area contributed by atoms with Gasteiger partial charge in [-0.3, -0.25) is 4.79 Å². The van der Waals surface area contributed by atoms with Crippen LogP contribution in [0.25, 0.3) is 10.9 Å². The molecule has 2 aromatic rings. The van der Waals surface area contributed by atoms with Crippen molar-refractivity contribution in [2.24, 2.45) is 0 Å². The molecular weight excluding hydrogens is 226 g/mol. The fourth-order valence-electron chi connectivity index (χ4n) is 1.71. The van der Waals surface area contributed by atoms with E-state index < -0.39 is 0 Å². The van der Waals surface area contributed by atoms with E-state index in [2.05, 4.69) is 0 Å². The van der Waals surface area contributed by atoms with E-state index in [4.69, 9.17) is 11.6 Å². The van der Waals surface area contributed by atoms with Crippen molar-refractivity contribution < 1.29 is 4.79 Å². The molecule has 0 atom stereocenters. The summed E-state index contributed by atoms with van der Waals surface area (Å²) in [7, 11) is 0. The molecule has 0 aliphatic rings. The Morgan fingerprint density at radius 2 is 2.12 bits per heavy atom. The largest absolute Gasteiger partial charge is 0.301 e. The topological polar surface area (TPSA) is 39.1 Å². The predicted molar refractivity (Wildman–Crippen MR) is 64.0 cm³/mol. The molecule has 0 radical (unpaired) electrons. The number of carbonyl (C=O) groups excluding carboxylic acids is 1. The Morgan fingerprint density at radius 1 is 1.38 bits per heavy atom. The number of halogens is 1. The lowest BCUT2D eigenvalue weighted by Gasteiger charge is -2.08. The van der Waals surface area contributed by atoms with Crippen LogP contribution in [0, 0.1) is 6.92 Å². The maximum absolute atomic E-state index is 11.7. The molecule has 0 saturated carbocycles. The Balaban J connectivity index is 2.91. The summed E-state index contributed by atoms with van der Waals surface area (Å²) in [6.07, 6.45) is 0.705. The summed E-state index contributed by atoms with van der Waals surface area (Å²) in [5, 5.41) is 1.20. The number of carbonyl (C=O) groups is 1. The molecule has 16 heavy (non-hydrogen) atoms. The minimum absolute atomic E-state index is 0.0515. The second-order valence-electron chi connectivity index (χ2n) is 3.63. The predicted octanol–water partition coefficient (Wildman–Crippen LogP) is 2.16. The van der Waals surface area contributed by atoms with Gasteiger partial charge in [0.25, 0.3) is 5.56 Å². The quantitative estimate of drug-likeness (QED) is 0.749. The highest BCUT2D eigenvalue weighted by atomic mass is 35.5. The van der Waals surface area contributed by atoms with Gasteiger partial charge in [-0.1, -0.05) is 23.7 Å². The van der Waals surface area contributed by atoms with Crippen LogP contribution in [0.1, 0.15) is 5.56 Å². The van der Waals surface area contributed by atoms with Gasteiger partial charge in [-0.15, -0.1) is 0 Å². The maximum Gasteiger partial charge on any atom is 0.252 e. The smallest absolute Gasteiger partial charge is 0.252 e. The zero-order chi connectivity index (χ0) is 11.7. The average Bonchev–Trinajstić information content (AvgIpc) is 2.23. The van der Waals surface area contributed by atoms with Gasteiger partial charge < -0.3 is 9.36 Å². The summed E-state index contributed by atoms with van der Waals surface area (Å²) < 4.78 is 1.42. The highest BCUT2D eigenvalue weighted by molar-refractivity contribution is 6.35. The Morgan fingerprint density at radius 3 is 2.81 bits per heavy atom. The molecule has 0 unspecified atom stereocenters. The molecule has 1 heterocycles. The number of rotatable bonds is 2. The van der Waals surface area contributed by atoms with Gasteiger partial charge in [0, 0.05) is 11.5 Å².